The second kappa shape index (κ2) is 9.14. The van der Waals surface area contributed by atoms with E-state index in [-0.39, 0.29) is 17.7 Å². The number of nitrogens with zero attached hydrogens (tertiary/aromatic N) is 4. The van der Waals surface area contributed by atoms with Gasteiger partial charge in [0.05, 0.1) is 23.3 Å². The summed E-state index contributed by atoms with van der Waals surface area (Å²) in [5.41, 5.74) is -0.920. The molecule has 0 amide bonds. The van der Waals surface area contributed by atoms with Crippen LogP contribution in [-0.2, 0) is 14.3 Å². The number of Topliss-reactive ketones (excluding diaryl/α,β-unsaturated/α-hetero) is 1. The molecule has 0 spiro atoms. The Balaban J connectivity index is 2.13. The molecule has 3 atom stereocenters. The monoisotopic (exact) mass is 462 g/mol. The highest BCUT2D eigenvalue weighted by atomic mass is 16.6. The zero-order chi connectivity index (χ0) is 25.3. The number of rotatable bonds is 6. The van der Waals surface area contributed by atoms with Crippen LogP contribution in [0.5, 0.6) is 0 Å². The van der Waals surface area contributed by atoms with Crippen molar-refractivity contribution in [2.24, 2.45) is 15.9 Å². The molecule has 1 aromatic rings. The van der Waals surface area contributed by atoms with Gasteiger partial charge in [0.2, 0.25) is 0 Å². The van der Waals surface area contributed by atoms with Crippen LogP contribution in [0, 0.1) is 27.4 Å². The van der Waals surface area contributed by atoms with E-state index in [2.05, 4.69) is 16.1 Å². The van der Waals surface area contributed by atoms with Gasteiger partial charge < -0.3 is 4.74 Å². The summed E-state index contributed by atoms with van der Waals surface area (Å²) in [5, 5.41) is 21.3. The Hall–Kier alpha value is -3.93. The van der Waals surface area contributed by atoms with Gasteiger partial charge in [0.1, 0.15) is 5.60 Å². The average molecular weight is 463 g/mol. The molecule has 2 heterocycles. The normalized spacial score (nSPS) is 23.9. The quantitative estimate of drug-likeness (QED) is 0.352. The first kappa shape index (κ1) is 24.7. The second-order valence-corrected chi connectivity index (χ2v) is 9.34. The fourth-order valence-electron chi connectivity index (χ4n) is 4.26. The summed E-state index contributed by atoms with van der Waals surface area (Å²) in [5.74, 6) is -2.72. The summed E-state index contributed by atoms with van der Waals surface area (Å²) >= 11 is 0. The minimum absolute atomic E-state index is 0.152. The van der Waals surface area contributed by atoms with Crippen LogP contribution < -0.4 is 0 Å². The van der Waals surface area contributed by atoms with Crippen molar-refractivity contribution in [1.82, 2.24) is 0 Å². The van der Waals surface area contributed by atoms with Gasteiger partial charge in [0, 0.05) is 41.2 Å². The molecule has 0 aliphatic carbocycles. The Bertz CT molecular complexity index is 1200. The number of nitriles is 1. The van der Waals surface area contributed by atoms with E-state index in [1.165, 1.54) is 30.5 Å². The minimum atomic E-state index is -1.54. The molecule has 1 aromatic carbocycles. The molecular formula is C25H26N4O5. The van der Waals surface area contributed by atoms with Gasteiger partial charge in [-0.15, -0.1) is 0 Å². The molecule has 0 radical (unpaired) electrons. The van der Waals surface area contributed by atoms with E-state index in [4.69, 9.17) is 4.74 Å². The zero-order valence-electron chi connectivity index (χ0n) is 19.7. The number of ether oxygens (including phenoxy) is 1. The maximum atomic E-state index is 14.1. The number of hydrogen-bond donors (Lipinski definition) is 0. The highest BCUT2D eigenvalue weighted by Crippen LogP contribution is 2.43. The van der Waals surface area contributed by atoms with E-state index in [1.807, 2.05) is 0 Å². The van der Waals surface area contributed by atoms with Crippen molar-refractivity contribution >= 4 is 29.4 Å². The van der Waals surface area contributed by atoms with E-state index in [0.29, 0.717) is 17.0 Å². The minimum Gasteiger partial charge on any atom is -0.460 e. The summed E-state index contributed by atoms with van der Waals surface area (Å²) in [7, 11) is 0. The number of nitro groups is 1. The van der Waals surface area contributed by atoms with Crippen LogP contribution in [0.1, 0.15) is 52.5 Å². The van der Waals surface area contributed by atoms with E-state index in [9.17, 15) is 25.0 Å². The number of nitro benzene ring substituents is 1. The largest absolute Gasteiger partial charge is 0.460 e. The zero-order valence-corrected chi connectivity index (χ0v) is 19.7. The van der Waals surface area contributed by atoms with Crippen LogP contribution in [0.3, 0.4) is 0 Å². The van der Waals surface area contributed by atoms with E-state index >= 15 is 0 Å². The third-order valence-corrected chi connectivity index (χ3v) is 5.64. The lowest BCUT2D eigenvalue weighted by Crippen LogP contribution is -2.42. The molecule has 9 heteroatoms. The highest BCUT2D eigenvalue weighted by molar-refractivity contribution is 6.11. The Kier molecular flexibility index (Phi) is 6.64. The average Bonchev–Trinajstić information content (AvgIpc) is 3.21. The van der Waals surface area contributed by atoms with E-state index in [0.717, 1.165) is 0 Å². The lowest BCUT2D eigenvalue weighted by atomic mass is 9.71. The van der Waals surface area contributed by atoms with Gasteiger partial charge in [0.15, 0.2) is 11.3 Å². The number of carbonyl (C=O) groups excluding carboxylic acids is 2. The van der Waals surface area contributed by atoms with Crippen LogP contribution in [0.2, 0.25) is 0 Å². The molecule has 0 saturated heterocycles. The van der Waals surface area contributed by atoms with Crippen LogP contribution >= 0.6 is 0 Å². The van der Waals surface area contributed by atoms with Crippen molar-refractivity contribution in [1.29, 1.82) is 5.26 Å². The third-order valence-electron chi connectivity index (χ3n) is 5.64. The first-order valence-electron chi connectivity index (χ1n) is 10.8. The van der Waals surface area contributed by atoms with Crippen LogP contribution in [0.4, 0.5) is 5.69 Å². The number of benzene rings is 1. The number of ketones is 1. The van der Waals surface area contributed by atoms with Crippen molar-refractivity contribution in [3.63, 3.8) is 0 Å². The molecule has 176 valence electrons. The van der Waals surface area contributed by atoms with Gasteiger partial charge in [-0.1, -0.05) is 12.1 Å². The first-order valence-corrected chi connectivity index (χ1v) is 10.8. The van der Waals surface area contributed by atoms with Crippen LogP contribution in [0.25, 0.3) is 0 Å². The van der Waals surface area contributed by atoms with Gasteiger partial charge in [-0.3, -0.25) is 29.7 Å². The van der Waals surface area contributed by atoms with Crippen molar-refractivity contribution < 1.29 is 19.2 Å². The fraction of sp³-hybridized carbons (Fsp3) is 0.400. The van der Waals surface area contributed by atoms with Crippen LogP contribution in [-0.4, -0.2) is 39.7 Å². The fourth-order valence-corrected chi connectivity index (χ4v) is 4.26. The number of aliphatic imine (C=N–C) groups is 2. The molecule has 2 aliphatic heterocycles. The maximum absolute atomic E-state index is 14.1. The standard InChI is InChI=1S/C25H26N4O5/c1-15-19(14-26)22(17-8-6-9-18(12-17)29(32)33)21(16(2)28-15)23(31)25(10-7-11-27-25)13-20(30)34-24(3,4)5/h6-12,19,22H,13H2,1-5H3. The van der Waals surface area contributed by atoms with E-state index in [1.54, 1.807) is 46.8 Å². The molecule has 0 N–H and O–H groups in total. The van der Waals surface area contributed by atoms with Gasteiger partial charge in [-0.2, -0.15) is 5.26 Å². The molecule has 0 fully saturated rings. The summed E-state index contributed by atoms with van der Waals surface area (Å²) in [4.78, 5) is 46.4. The number of allylic oxidation sites excluding steroid dienone is 2. The van der Waals surface area contributed by atoms with Gasteiger partial charge in [0.25, 0.3) is 5.69 Å². The molecule has 3 rings (SSSR count). The topological polar surface area (TPSA) is 135 Å². The van der Waals surface area contributed by atoms with Crippen LogP contribution in [0.15, 0.2) is 57.7 Å². The Morgan fingerprint density at radius 2 is 2.00 bits per heavy atom. The summed E-state index contributed by atoms with van der Waals surface area (Å²) in [6.07, 6.45) is 4.24. The summed E-state index contributed by atoms with van der Waals surface area (Å²) in [6.45, 7) is 8.53. The third kappa shape index (κ3) is 4.86. The predicted octanol–water partition coefficient (Wildman–Crippen LogP) is 4.25. The molecule has 0 aromatic heterocycles. The molecule has 34 heavy (non-hydrogen) atoms. The SMILES string of the molecule is CC1=NC(C)=C(C(=O)C2(CC(=O)OC(C)(C)C)C=CC=N2)C(c2cccc([N+](=O)[O-])c2)C1C#N. The van der Waals surface area contributed by atoms with Crippen molar-refractivity contribution in [2.75, 3.05) is 0 Å². The molecule has 9 nitrogen and oxygen atoms in total. The van der Waals surface area contributed by atoms with E-state index < -0.39 is 39.7 Å². The van der Waals surface area contributed by atoms with Crippen molar-refractivity contribution in [3.8, 4) is 6.07 Å². The maximum Gasteiger partial charge on any atom is 0.309 e. The summed E-state index contributed by atoms with van der Waals surface area (Å²) < 4.78 is 5.43. The smallest absolute Gasteiger partial charge is 0.309 e. The first-order chi connectivity index (χ1) is 15.9. The Morgan fingerprint density at radius 1 is 1.29 bits per heavy atom. The van der Waals surface area contributed by atoms with Gasteiger partial charge in [-0.05, 0) is 52.3 Å². The molecule has 2 aliphatic rings. The van der Waals surface area contributed by atoms with Gasteiger partial charge >= 0.3 is 5.97 Å². The Labute approximate surface area is 197 Å². The predicted molar refractivity (Wildman–Crippen MR) is 127 cm³/mol. The number of non-ortho nitro benzene ring substituents is 1. The Morgan fingerprint density at radius 3 is 2.56 bits per heavy atom. The molecule has 3 unspecified atom stereocenters. The van der Waals surface area contributed by atoms with Gasteiger partial charge in [-0.25, -0.2) is 0 Å². The molecule has 0 saturated carbocycles. The molecular weight excluding hydrogens is 436 g/mol. The molecule has 0 bridgehead atoms. The second-order valence-electron chi connectivity index (χ2n) is 9.34. The number of hydrogen-bond acceptors (Lipinski definition) is 8. The summed E-state index contributed by atoms with van der Waals surface area (Å²) in [6, 6.07) is 8.07. The van der Waals surface area contributed by atoms with Crippen molar-refractivity contribution in [3.05, 3.63) is 63.4 Å². The lowest BCUT2D eigenvalue weighted by Gasteiger charge is -2.33. The number of carbonyl (C=O) groups is 2. The van der Waals surface area contributed by atoms with Crippen molar-refractivity contribution in [2.45, 2.75) is 58.1 Å². The number of esters is 1. The lowest BCUT2D eigenvalue weighted by molar-refractivity contribution is -0.384. The highest BCUT2D eigenvalue weighted by Gasteiger charge is 2.47.